The van der Waals surface area contributed by atoms with Crippen LogP contribution in [0.15, 0.2) is 78.6 Å². The third-order valence-electron chi connectivity index (χ3n) is 6.47. The number of ether oxygens (including phenoxy) is 4. The third kappa shape index (κ3) is 3.29. The molecule has 176 valence electrons. The average molecular weight is 469 g/mol. The number of anilines is 1. The van der Waals surface area contributed by atoms with E-state index in [0.29, 0.717) is 17.4 Å². The van der Waals surface area contributed by atoms with Gasteiger partial charge in [0.05, 0.1) is 27.0 Å². The van der Waals surface area contributed by atoms with Crippen molar-refractivity contribution in [3.05, 3.63) is 95.3 Å². The fourth-order valence-electron chi connectivity index (χ4n) is 4.90. The van der Waals surface area contributed by atoms with Gasteiger partial charge in [-0.25, -0.2) is 4.68 Å². The monoisotopic (exact) mass is 468 g/mol. The Kier molecular flexibility index (Phi) is 5.06. The first kappa shape index (κ1) is 21.1. The number of methoxy groups -OCH3 is 3. The minimum atomic E-state index is -0.470. The molecule has 8 heteroatoms. The Morgan fingerprint density at radius 2 is 1.71 bits per heavy atom. The van der Waals surface area contributed by atoms with Crippen molar-refractivity contribution in [2.75, 3.05) is 26.6 Å². The van der Waals surface area contributed by atoms with E-state index in [4.69, 9.17) is 18.9 Å². The Balaban J connectivity index is 1.62. The van der Waals surface area contributed by atoms with E-state index in [-0.39, 0.29) is 6.04 Å². The Labute approximate surface area is 202 Å². The molecule has 0 amide bonds. The minimum Gasteiger partial charge on any atom is -0.497 e. The maximum Gasteiger partial charge on any atom is 0.226 e. The van der Waals surface area contributed by atoms with Crippen LogP contribution < -0.4 is 24.3 Å². The molecule has 2 aliphatic rings. The van der Waals surface area contributed by atoms with Gasteiger partial charge in [0, 0.05) is 16.7 Å². The summed E-state index contributed by atoms with van der Waals surface area (Å²) in [6, 6.07) is 21.5. The molecule has 6 rings (SSSR count). The van der Waals surface area contributed by atoms with Crippen LogP contribution in [-0.2, 0) is 0 Å². The van der Waals surface area contributed by atoms with Gasteiger partial charge in [0.1, 0.15) is 23.9 Å². The van der Waals surface area contributed by atoms with Gasteiger partial charge in [-0.2, -0.15) is 10.1 Å². The van der Waals surface area contributed by atoms with Crippen molar-refractivity contribution in [2.24, 2.45) is 0 Å². The number of nitrogens with one attached hydrogen (secondary N) is 1. The molecule has 0 bridgehead atoms. The molecule has 2 aliphatic heterocycles. The Morgan fingerprint density at radius 1 is 0.886 bits per heavy atom. The molecule has 1 N–H and O–H groups in total. The summed E-state index contributed by atoms with van der Waals surface area (Å²) >= 11 is 0. The van der Waals surface area contributed by atoms with Crippen LogP contribution in [0.5, 0.6) is 23.0 Å². The summed E-state index contributed by atoms with van der Waals surface area (Å²) in [7, 11) is 4.93. The fourth-order valence-corrected chi connectivity index (χ4v) is 4.90. The number of rotatable bonds is 5. The molecule has 1 aromatic heterocycles. The standard InChI is InChI=1S/C27H24N4O4/c1-32-17-13-11-16(12-14-17)24-22-23(30-27-28-15-29-31(24)27)18-7-4-5-9-20(18)35-26(22)19-8-6-10-21(33-2)25(19)34-3/h4-15,24,26H,1-3H3,(H,28,29,30)/t24-,26-/m1/s1. The zero-order chi connectivity index (χ0) is 23.9. The highest BCUT2D eigenvalue weighted by atomic mass is 16.5. The zero-order valence-electron chi connectivity index (χ0n) is 19.6. The molecule has 0 saturated heterocycles. The van der Waals surface area contributed by atoms with E-state index in [9.17, 15) is 0 Å². The number of hydrogen-bond donors (Lipinski definition) is 1. The number of nitrogens with zero attached hydrogens (tertiary/aromatic N) is 3. The summed E-state index contributed by atoms with van der Waals surface area (Å²) in [5.41, 5.74) is 4.80. The molecule has 0 aliphatic carbocycles. The van der Waals surface area contributed by atoms with Gasteiger partial charge < -0.3 is 24.3 Å². The molecule has 0 spiro atoms. The van der Waals surface area contributed by atoms with Crippen LogP contribution in [0.3, 0.4) is 0 Å². The number of hydrogen-bond acceptors (Lipinski definition) is 7. The smallest absolute Gasteiger partial charge is 0.226 e. The predicted molar refractivity (Wildman–Crippen MR) is 131 cm³/mol. The van der Waals surface area contributed by atoms with Gasteiger partial charge in [0.2, 0.25) is 5.95 Å². The molecule has 35 heavy (non-hydrogen) atoms. The topological polar surface area (TPSA) is 79.7 Å². The predicted octanol–water partition coefficient (Wildman–Crippen LogP) is 4.86. The van der Waals surface area contributed by atoms with E-state index in [1.165, 1.54) is 0 Å². The van der Waals surface area contributed by atoms with E-state index in [2.05, 4.69) is 15.4 Å². The highest BCUT2D eigenvalue weighted by Gasteiger charge is 2.42. The maximum atomic E-state index is 6.70. The molecule has 4 aromatic rings. The van der Waals surface area contributed by atoms with E-state index >= 15 is 0 Å². The van der Waals surface area contributed by atoms with Crippen LogP contribution in [0.4, 0.5) is 5.95 Å². The summed E-state index contributed by atoms with van der Waals surface area (Å²) in [4.78, 5) is 4.49. The highest BCUT2D eigenvalue weighted by Crippen LogP contribution is 2.52. The second-order valence-corrected chi connectivity index (χ2v) is 8.24. The Morgan fingerprint density at radius 3 is 2.49 bits per heavy atom. The van der Waals surface area contributed by atoms with Crippen LogP contribution in [0.25, 0.3) is 5.70 Å². The molecule has 0 unspecified atom stereocenters. The number of para-hydroxylation sites is 2. The normalized spacial score (nSPS) is 17.9. The summed E-state index contributed by atoms with van der Waals surface area (Å²) in [5.74, 6) is 3.49. The highest BCUT2D eigenvalue weighted by molar-refractivity contribution is 5.85. The van der Waals surface area contributed by atoms with E-state index in [1.54, 1.807) is 27.7 Å². The van der Waals surface area contributed by atoms with Crippen LogP contribution in [0, 0.1) is 0 Å². The molecule has 3 heterocycles. The molecule has 2 atom stereocenters. The van der Waals surface area contributed by atoms with Crippen molar-refractivity contribution in [3.8, 4) is 23.0 Å². The largest absolute Gasteiger partial charge is 0.497 e. The van der Waals surface area contributed by atoms with Crippen LogP contribution >= 0.6 is 0 Å². The van der Waals surface area contributed by atoms with Crippen molar-refractivity contribution >= 4 is 11.6 Å². The lowest BCUT2D eigenvalue weighted by molar-refractivity contribution is 0.216. The SMILES string of the molecule is COc1ccc([C@@H]2C3=C(Nc4ncnn42)c2ccccc2O[C@@H]3c2cccc(OC)c2OC)cc1. The summed E-state index contributed by atoms with van der Waals surface area (Å²) in [6.45, 7) is 0. The quantitative estimate of drug-likeness (QED) is 0.448. The second-order valence-electron chi connectivity index (χ2n) is 8.24. The number of aromatic nitrogens is 3. The van der Waals surface area contributed by atoms with Gasteiger partial charge in [-0.3, -0.25) is 0 Å². The molecule has 0 radical (unpaired) electrons. The van der Waals surface area contributed by atoms with E-state index < -0.39 is 6.10 Å². The maximum absolute atomic E-state index is 6.70. The molecule has 8 nitrogen and oxygen atoms in total. The fraction of sp³-hybridized carbons (Fsp3) is 0.185. The minimum absolute atomic E-state index is 0.274. The third-order valence-corrected chi connectivity index (χ3v) is 6.47. The van der Waals surface area contributed by atoms with Crippen LogP contribution in [0.1, 0.15) is 28.8 Å². The first-order valence-corrected chi connectivity index (χ1v) is 11.2. The molecule has 0 saturated carbocycles. The van der Waals surface area contributed by atoms with Gasteiger partial charge in [-0.05, 0) is 35.9 Å². The summed E-state index contributed by atoms with van der Waals surface area (Å²) in [6.07, 6.45) is 1.09. The average Bonchev–Trinajstić information content (AvgIpc) is 3.39. The van der Waals surface area contributed by atoms with Crippen molar-refractivity contribution in [1.29, 1.82) is 0 Å². The first-order chi connectivity index (χ1) is 17.2. The Bertz CT molecular complexity index is 1430. The van der Waals surface area contributed by atoms with Crippen molar-refractivity contribution in [1.82, 2.24) is 14.8 Å². The lowest BCUT2D eigenvalue weighted by Gasteiger charge is -2.39. The zero-order valence-corrected chi connectivity index (χ0v) is 19.6. The van der Waals surface area contributed by atoms with Gasteiger partial charge in [-0.15, -0.1) is 0 Å². The lowest BCUT2D eigenvalue weighted by Crippen LogP contribution is -2.32. The summed E-state index contributed by atoms with van der Waals surface area (Å²) < 4.78 is 25.4. The first-order valence-electron chi connectivity index (χ1n) is 11.2. The van der Waals surface area contributed by atoms with Gasteiger partial charge >= 0.3 is 0 Å². The second kappa shape index (κ2) is 8.39. The van der Waals surface area contributed by atoms with E-state index in [1.807, 2.05) is 71.4 Å². The molecular weight excluding hydrogens is 444 g/mol. The molecule has 0 fully saturated rings. The summed E-state index contributed by atoms with van der Waals surface area (Å²) in [5, 5.41) is 8.09. The Hall–Kier alpha value is -4.46. The van der Waals surface area contributed by atoms with Gasteiger partial charge in [-0.1, -0.05) is 36.4 Å². The number of benzene rings is 3. The van der Waals surface area contributed by atoms with E-state index in [0.717, 1.165) is 39.5 Å². The molecule has 3 aromatic carbocycles. The van der Waals surface area contributed by atoms with Crippen LogP contribution in [-0.4, -0.2) is 36.1 Å². The molecular formula is C27H24N4O4. The van der Waals surface area contributed by atoms with Gasteiger partial charge in [0.15, 0.2) is 17.6 Å². The number of fused-ring (bicyclic) bond motifs is 3. The van der Waals surface area contributed by atoms with Crippen molar-refractivity contribution < 1.29 is 18.9 Å². The van der Waals surface area contributed by atoms with Crippen LogP contribution in [0.2, 0.25) is 0 Å². The lowest BCUT2D eigenvalue weighted by atomic mass is 9.84. The van der Waals surface area contributed by atoms with Crippen molar-refractivity contribution in [2.45, 2.75) is 12.1 Å². The van der Waals surface area contributed by atoms with Gasteiger partial charge in [0.25, 0.3) is 0 Å². The van der Waals surface area contributed by atoms with Crippen molar-refractivity contribution in [3.63, 3.8) is 0 Å².